The predicted octanol–water partition coefficient (Wildman–Crippen LogP) is 2.88. The first kappa shape index (κ1) is 21.4. The molecule has 0 aliphatic carbocycles. The van der Waals surface area contributed by atoms with Crippen LogP contribution in [0, 0.1) is 13.8 Å². The third-order valence-electron chi connectivity index (χ3n) is 4.34. The topological polar surface area (TPSA) is 92.8 Å². The average molecular weight is 404 g/mol. The van der Waals surface area contributed by atoms with Crippen LogP contribution in [-0.2, 0) is 19.6 Å². The number of nitrogens with zero attached hydrogens (tertiary/aromatic N) is 1. The van der Waals surface area contributed by atoms with E-state index in [1.807, 2.05) is 13.0 Å². The zero-order valence-electron chi connectivity index (χ0n) is 16.5. The minimum Gasteiger partial charge on any atom is -0.465 e. The second-order valence-electron chi connectivity index (χ2n) is 6.53. The van der Waals surface area contributed by atoms with Gasteiger partial charge in [-0.2, -0.15) is 0 Å². The second-order valence-corrected chi connectivity index (χ2v) is 8.39. The Hall–Kier alpha value is -2.87. The van der Waals surface area contributed by atoms with Crippen molar-refractivity contribution in [1.29, 1.82) is 0 Å². The van der Waals surface area contributed by atoms with Gasteiger partial charge in [0.1, 0.15) is 6.04 Å². The van der Waals surface area contributed by atoms with Gasteiger partial charge < -0.3 is 10.1 Å². The van der Waals surface area contributed by atoms with Gasteiger partial charge in [-0.3, -0.25) is 9.10 Å². The van der Waals surface area contributed by atoms with Crippen LogP contribution < -0.4 is 9.62 Å². The first-order valence-electron chi connectivity index (χ1n) is 8.61. The molecule has 2 aromatic rings. The van der Waals surface area contributed by atoms with E-state index < -0.39 is 27.9 Å². The second kappa shape index (κ2) is 8.43. The van der Waals surface area contributed by atoms with Crippen molar-refractivity contribution in [2.75, 3.05) is 23.0 Å². The number of hydrogen-bond donors (Lipinski definition) is 1. The van der Waals surface area contributed by atoms with Gasteiger partial charge in [0.25, 0.3) is 0 Å². The lowest BCUT2D eigenvalue weighted by Crippen LogP contribution is -2.45. The minimum atomic E-state index is -3.71. The Morgan fingerprint density at radius 3 is 2.32 bits per heavy atom. The molecule has 150 valence electrons. The Morgan fingerprint density at radius 1 is 1.11 bits per heavy atom. The Bertz CT molecular complexity index is 1000. The van der Waals surface area contributed by atoms with Gasteiger partial charge in [-0.25, -0.2) is 13.2 Å². The molecule has 0 spiro atoms. The summed E-state index contributed by atoms with van der Waals surface area (Å²) in [5.74, 6) is -1.03. The molecule has 1 N–H and O–H groups in total. The van der Waals surface area contributed by atoms with Crippen LogP contribution in [0.25, 0.3) is 0 Å². The van der Waals surface area contributed by atoms with E-state index in [0.717, 1.165) is 16.1 Å². The summed E-state index contributed by atoms with van der Waals surface area (Å²) in [7, 11) is -2.43. The van der Waals surface area contributed by atoms with Crippen LogP contribution in [-0.4, -0.2) is 39.7 Å². The number of carbonyl (C=O) groups is 2. The molecule has 1 amide bonds. The van der Waals surface area contributed by atoms with Crippen molar-refractivity contribution in [3.63, 3.8) is 0 Å². The standard InChI is InChI=1S/C20H24N2O5S/c1-13-8-6-9-16(12-13)22(28(5,25)26)15(3)19(23)21-18-11-7-10-17(14(18)2)20(24)27-4/h6-12,15H,1-5H3,(H,21,23)/t15-/m0/s1. The van der Waals surface area contributed by atoms with Crippen LogP contribution in [0.5, 0.6) is 0 Å². The number of benzene rings is 2. The molecule has 1 atom stereocenters. The lowest BCUT2D eigenvalue weighted by atomic mass is 10.1. The quantitative estimate of drug-likeness (QED) is 0.748. The van der Waals surface area contributed by atoms with Crippen molar-refractivity contribution >= 4 is 33.3 Å². The number of rotatable bonds is 6. The summed E-state index contributed by atoms with van der Waals surface area (Å²) in [6.45, 7) is 5.04. The summed E-state index contributed by atoms with van der Waals surface area (Å²) in [5.41, 5.74) is 2.56. The number of sulfonamides is 1. The molecule has 8 heteroatoms. The molecule has 0 aliphatic heterocycles. The van der Waals surface area contributed by atoms with Gasteiger partial charge in [0.2, 0.25) is 15.9 Å². The molecule has 28 heavy (non-hydrogen) atoms. The molecule has 0 heterocycles. The van der Waals surface area contributed by atoms with Gasteiger partial charge in [0.05, 0.1) is 24.6 Å². The van der Waals surface area contributed by atoms with Crippen LogP contribution >= 0.6 is 0 Å². The maximum absolute atomic E-state index is 12.8. The maximum atomic E-state index is 12.8. The molecule has 0 radical (unpaired) electrons. The highest BCUT2D eigenvalue weighted by Crippen LogP contribution is 2.24. The highest BCUT2D eigenvalue weighted by molar-refractivity contribution is 7.92. The van der Waals surface area contributed by atoms with Gasteiger partial charge in [-0.05, 0) is 56.2 Å². The number of esters is 1. The Labute approximate surface area is 165 Å². The Balaban J connectivity index is 2.36. The summed E-state index contributed by atoms with van der Waals surface area (Å²) in [4.78, 5) is 24.7. The van der Waals surface area contributed by atoms with E-state index in [0.29, 0.717) is 22.5 Å². The molecule has 0 bridgehead atoms. The third-order valence-corrected chi connectivity index (χ3v) is 5.58. The highest BCUT2D eigenvalue weighted by atomic mass is 32.2. The SMILES string of the molecule is COC(=O)c1cccc(NC(=O)[C@H](C)N(c2cccc(C)c2)S(C)(=O)=O)c1C. The van der Waals surface area contributed by atoms with Crippen molar-refractivity contribution in [3.8, 4) is 0 Å². The first-order chi connectivity index (χ1) is 13.1. The van der Waals surface area contributed by atoms with Gasteiger partial charge in [-0.15, -0.1) is 0 Å². The van der Waals surface area contributed by atoms with E-state index in [1.165, 1.54) is 14.0 Å². The molecular weight excluding hydrogens is 380 g/mol. The number of hydrogen-bond acceptors (Lipinski definition) is 5. The number of ether oxygens (including phenoxy) is 1. The summed E-state index contributed by atoms with van der Waals surface area (Å²) >= 11 is 0. The van der Waals surface area contributed by atoms with Crippen LogP contribution in [0.1, 0.15) is 28.4 Å². The van der Waals surface area contributed by atoms with Gasteiger partial charge >= 0.3 is 5.97 Å². The predicted molar refractivity (Wildman–Crippen MR) is 109 cm³/mol. The average Bonchev–Trinajstić information content (AvgIpc) is 2.61. The largest absolute Gasteiger partial charge is 0.465 e. The van der Waals surface area contributed by atoms with E-state index in [-0.39, 0.29) is 0 Å². The molecule has 0 saturated heterocycles. The molecule has 0 fully saturated rings. The monoisotopic (exact) mass is 404 g/mol. The lowest BCUT2D eigenvalue weighted by Gasteiger charge is -2.28. The normalized spacial score (nSPS) is 12.2. The van der Waals surface area contributed by atoms with Crippen molar-refractivity contribution in [3.05, 3.63) is 59.2 Å². The Morgan fingerprint density at radius 2 is 1.75 bits per heavy atom. The number of carbonyl (C=O) groups excluding carboxylic acids is 2. The van der Waals surface area contributed by atoms with Crippen LogP contribution in [0.15, 0.2) is 42.5 Å². The Kier molecular flexibility index (Phi) is 6.45. The zero-order chi connectivity index (χ0) is 21.1. The van der Waals surface area contributed by atoms with Crippen LogP contribution in [0.3, 0.4) is 0 Å². The van der Waals surface area contributed by atoms with E-state index in [9.17, 15) is 18.0 Å². The van der Waals surface area contributed by atoms with E-state index >= 15 is 0 Å². The van der Waals surface area contributed by atoms with Crippen molar-refractivity contribution < 1.29 is 22.7 Å². The number of anilines is 2. The third kappa shape index (κ3) is 4.69. The molecule has 2 aromatic carbocycles. The van der Waals surface area contributed by atoms with Gasteiger partial charge in [0, 0.05) is 5.69 Å². The maximum Gasteiger partial charge on any atom is 0.338 e. The fraction of sp³-hybridized carbons (Fsp3) is 0.300. The molecular formula is C20H24N2O5S. The van der Waals surface area contributed by atoms with E-state index in [4.69, 9.17) is 4.74 Å². The van der Waals surface area contributed by atoms with Crippen LogP contribution in [0.4, 0.5) is 11.4 Å². The molecule has 2 rings (SSSR count). The van der Waals surface area contributed by atoms with Crippen molar-refractivity contribution in [2.45, 2.75) is 26.8 Å². The number of amides is 1. The molecule has 0 saturated carbocycles. The number of methoxy groups -OCH3 is 1. The molecule has 7 nitrogen and oxygen atoms in total. The smallest absolute Gasteiger partial charge is 0.338 e. The fourth-order valence-corrected chi connectivity index (χ4v) is 4.08. The van der Waals surface area contributed by atoms with E-state index in [1.54, 1.807) is 43.3 Å². The summed E-state index contributed by atoms with van der Waals surface area (Å²) < 4.78 is 30.6. The molecule has 0 aromatic heterocycles. The van der Waals surface area contributed by atoms with Crippen molar-refractivity contribution in [1.82, 2.24) is 0 Å². The number of nitrogens with one attached hydrogen (secondary N) is 1. The van der Waals surface area contributed by atoms with Gasteiger partial charge in [0.15, 0.2) is 0 Å². The minimum absolute atomic E-state index is 0.326. The lowest BCUT2D eigenvalue weighted by molar-refractivity contribution is -0.116. The van der Waals surface area contributed by atoms with E-state index in [2.05, 4.69) is 5.32 Å². The molecule has 0 aliphatic rings. The summed E-state index contributed by atoms with van der Waals surface area (Å²) in [6, 6.07) is 10.8. The zero-order valence-corrected chi connectivity index (χ0v) is 17.3. The first-order valence-corrected chi connectivity index (χ1v) is 10.5. The van der Waals surface area contributed by atoms with Crippen LogP contribution in [0.2, 0.25) is 0 Å². The van der Waals surface area contributed by atoms with Crippen molar-refractivity contribution in [2.24, 2.45) is 0 Å². The number of aryl methyl sites for hydroxylation is 1. The van der Waals surface area contributed by atoms with Gasteiger partial charge in [-0.1, -0.05) is 18.2 Å². The summed E-state index contributed by atoms with van der Waals surface area (Å²) in [5, 5.41) is 2.71. The highest BCUT2D eigenvalue weighted by Gasteiger charge is 2.29. The fourth-order valence-electron chi connectivity index (χ4n) is 2.91. The molecule has 0 unspecified atom stereocenters. The summed E-state index contributed by atoms with van der Waals surface area (Å²) in [6.07, 6.45) is 1.06.